The van der Waals surface area contributed by atoms with Gasteiger partial charge in [0.2, 0.25) is 11.8 Å². The molecular weight excluding hydrogens is 376 g/mol. The molecule has 1 aliphatic rings. The Morgan fingerprint density at radius 1 is 1.14 bits per heavy atom. The molecule has 10 heteroatoms. The molecule has 0 spiro atoms. The topological polar surface area (TPSA) is 104 Å². The molecule has 0 aromatic carbocycles. The summed E-state index contributed by atoms with van der Waals surface area (Å²) < 4.78 is 13.4. The van der Waals surface area contributed by atoms with Crippen molar-refractivity contribution in [3.05, 3.63) is 42.4 Å². The summed E-state index contributed by atoms with van der Waals surface area (Å²) in [6.45, 7) is 3.52. The summed E-state index contributed by atoms with van der Waals surface area (Å²) >= 11 is 0. The average Bonchev–Trinajstić information content (AvgIpc) is 3.41. The zero-order chi connectivity index (χ0) is 20.4. The van der Waals surface area contributed by atoms with E-state index in [4.69, 9.17) is 9.47 Å². The summed E-state index contributed by atoms with van der Waals surface area (Å²) in [4.78, 5) is 26.3. The SMILES string of the molecule is COc1ccc(-n2nc(C(=O)N3CCOCC3)cc2-c2ccn(C(C)=O)c2)nn1. The van der Waals surface area contributed by atoms with Crippen molar-refractivity contribution < 1.29 is 19.1 Å². The summed E-state index contributed by atoms with van der Waals surface area (Å²) in [5.41, 5.74) is 1.64. The Morgan fingerprint density at radius 2 is 1.93 bits per heavy atom. The predicted octanol–water partition coefficient (Wildman–Crippen LogP) is 1.27. The molecule has 0 saturated carbocycles. The van der Waals surface area contributed by atoms with Crippen molar-refractivity contribution in [3.63, 3.8) is 0 Å². The minimum absolute atomic E-state index is 0.115. The summed E-state index contributed by atoms with van der Waals surface area (Å²) in [6, 6.07) is 6.85. The van der Waals surface area contributed by atoms with Crippen molar-refractivity contribution in [1.29, 1.82) is 0 Å². The van der Waals surface area contributed by atoms with Crippen LogP contribution in [0.3, 0.4) is 0 Å². The molecule has 0 unspecified atom stereocenters. The highest BCUT2D eigenvalue weighted by molar-refractivity contribution is 5.93. The fourth-order valence-corrected chi connectivity index (χ4v) is 3.07. The quantitative estimate of drug-likeness (QED) is 0.654. The van der Waals surface area contributed by atoms with Gasteiger partial charge in [-0.15, -0.1) is 10.2 Å². The standard InChI is InChI=1S/C19H20N6O4/c1-13(26)24-6-5-14(12-24)16-11-15(19(27)23-7-9-29-10-8-23)22-25(16)17-3-4-18(28-2)21-20-17/h3-6,11-12H,7-10H2,1-2H3. The lowest BCUT2D eigenvalue weighted by Gasteiger charge is -2.25. The van der Waals surface area contributed by atoms with Crippen LogP contribution in [0.5, 0.6) is 5.88 Å². The molecule has 1 amide bonds. The first kappa shape index (κ1) is 18.8. The lowest BCUT2D eigenvalue weighted by Crippen LogP contribution is -2.40. The van der Waals surface area contributed by atoms with Crippen LogP contribution in [-0.4, -0.2) is 74.7 Å². The molecule has 150 valence electrons. The zero-order valence-electron chi connectivity index (χ0n) is 16.1. The second kappa shape index (κ2) is 7.84. The Labute approximate surface area is 166 Å². The van der Waals surface area contributed by atoms with E-state index in [-0.39, 0.29) is 17.5 Å². The van der Waals surface area contributed by atoms with E-state index in [0.717, 1.165) is 5.56 Å². The maximum absolute atomic E-state index is 12.9. The molecule has 3 aromatic heterocycles. The van der Waals surface area contributed by atoms with Gasteiger partial charge in [-0.3, -0.25) is 14.2 Å². The Kier molecular flexibility index (Phi) is 5.09. The molecule has 29 heavy (non-hydrogen) atoms. The first-order valence-corrected chi connectivity index (χ1v) is 9.11. The largest absolute Gasteiger partial charge is 0.480 e. The van der Waals surface area contributed by atoms with Gasteiger partial charge in [0.05, 0.1) is 26.0 Å². The smallest absolute Gasteiger partial charge is 0.274 e. The van der Waals surface area contributed by atoms with Crippen LogP contribution >= 0.6 is 0 Å². The maximum Gasteiger partial charge on any atom is 0.274 e. The molecule has 3 aromatic rings. The third-order valence-corrected chi connectivity index (χ3v) is 4.63. The summed E-state index contributed by atoms with van der Waals surface area (Å²) in [6.07, 6.45) is 3.36. The number of hydrogen-bond acceptors (Lipinski definition) is 7. The number of nitrogens with zero attached hydrogens (tertiary/aromatic N) is 6. The van der Waals surface area contributed by atoms with Gasteiger partial charge in [-0.2, -0.15) is 5.10 Å². The van der Waals surface area contributed by atoms with E-state index >= 15 is 0 Å². The van der Waals surface area contributed by atoms with Gasteiger partial charge in [0.25, 0.3) is 5.91 Å². The summed E-state index contributed by atoms with van der Waals surface area (Å²) in [7, 11) is 1.51. The first-order valence-electron chi connectivity index (χ1n) is 9.11. The second-order valence-corrected chi connectivity index (χ2v) is 6.49. The van der Waals surface area contributed by atoms with E-state index in [1.54, 1.807) is 46.2 Å². The number of carbonyl (C=O) groups is 2. The van der Waals surface area contributed by atoms with Gasteiger partial charge >= 0.3 is 0 Å². The number of morpholine rings is 1. The van der Waals surface area contributed by atoms with Crippen LogP contribution < -0.4 is 4.74 Å². The summed E-state index contributed by atoms with van der Waals surface area (Å²) in [5.74, 6) is 0.504. The fourth-order valence-electron chi connectivity index (χ4n) is 3.07. The molecule has 1 fully saturated rings. The molecule has 0 radical (unpaired) electrons. The Bertz CT molecular complexity index is 1030. The maximum atomic E-state index is 12.9. The molecule has 0 aliphatic carbocycles. The Morgan fingerprint density at radius 3 is 2.55 bits per heavy atom. The number of carbonyl (C=O) groups excluding carboxylic acids is 2. The zero-order valence-corrected chi connectivity index (χ0v) is 16.1. The van der Waals surface area contributed by atoms with Crippen LogP contribution in [0.4, 0.5) is 0 Å². The molecular formula is C19H20N6O4. The summed E-state index contributed by atoms with van der Waals surface area (Å²) in [5, 5.41) is 12.6. The van der Waals surface area contributed by atoms with Crippen molar-refractivity contribution >= 4 is 11.8 Å². The van der Waals surface area contributed by atoms with E-state index in [0.29, 0.717) is 43.7 Å². The number of amides is 1. The number of hydrogen-bond donors (Lipinski definition) is 0. The molecule has 0 N–H and O–H groups in total. The van der Waals surface area contributed by atoms with Crippen LogP contribution in [0.15, 0.2) is 36.7 Å². The van der Waals surface area contributed by atoms with E-state index in [1.165, 1.54) is 18.6 Å². The molecule has 0 atom stereocenters. The van der Waals surface area contributed by atoms with Gasteiger partial charge in [-0.25, -0.2) is 4.68 Å². The van der Waals surface area contributed by atoms with Gasteiger partial charge in [0.1, 0.15) is 0 Å². The minimum atomic E-state index is -0.180. The third-order valence-electron chi connectivity index (χ3n) is 4.63. The van der Waals surface area contributed by atoms with Crippen LogP contribution in [-0.2, 0) is 4.74 Å². The van der Waals surface area contributed by atoms with Crippen molar-refractivity contribution in [1.82, 2.24) is 29.4 Å². The average molecular weight is 396 g/mol. The van der Waals surface area contributed by atoms with Crippen molar-refractivity contribution in [2.45, 2.75) is 6.92 Å². The van der Waals surface area contributed by atoms with Crippen LogP contribution in [0.2, 0.25) is 0 Å². The molecule has 4 rings (SSSR count). The van der Waals surface area contributed by atoms with E-state index in [2.05, 4.69) is 15.3 Å². The van der Waals surface area contributed by atoms with E-state index in [9.17, 15) is 9.59 Å². The van der Waals surface area contributed by atoms with Gasteiger partial charge in [-0.05, 0) is 18.2 Å². The number of methoxy groups -OCH3 is 1. The van der Waals surface area contributed by atoms with Gasteiger partial charge in [-0.1, -0.05) is 0 Å². The highest BCUT2D eigenvalue weighted by Crippen LogP contribution is 2.25. The minimum Gasteiger partial charge on any atom is -0.480 e. The lowest BCUT2D eigenvalue weighted by molar-refractivity contribution is 0.0298. The number of ether oxygens (including phenoxy) is 2. The predicted molar refractivity (Wildman–Crippen MR) is 102 cm³/mol. The number of rotatable bonds is 4. The van der Waals surface area contributed by atoms with Crippen LogP contribution in [0.25, 0.3) is 17.1 Å². The lowest BCUT2D eigenvalue weighted by atomic mass is 10.2. The van der Waals surface area contributed by atoms with Crippen molar-refractivity contribution in [2.24, 2.45) is 0 Å². The monoisotopic (exact) mass is 396 g/mol. The van der Waals surface area contributed by atoms with E-state index < -0.39 is 0 Å². The Balaban J connectivity index is 1.76. The Hall–Kier alpha value is -3.53. The first-order chi connectivity index (χ1) is 14.1. The van der Waals surface area contributed by atoms with Crippen LogP contribution in [0.1, 0.15) is 22.2 Å². The molecule has 4 heterocycles. The normalized spacial score (nSPS) is 14.1. The molecule has 1 aliphatic heterocycles. The van der Waals surface area contributed by atoms with Gasteiger partial charge in [0, 0.05) is 44.0 Å². The third kappa shape index (κ3) is 3.74. The molecule has 0 bridgehead atoms. The highest BCUT2D eigenvalue weighted by atomic mass is 16.5. The highest BCUT2D eigenvalue weighted by Gasteiger charge is 2.24. The molecule has 1 saturated heterocycles. The second-order valence-electron chi connectivity index (χ2n) is 6.49. The van der Waals surface area contributed by atoms with Crippen molar-refractivity contribution in [2.75, 3.05) is 33.4 Å². The van der Waals surface area contributed by atoms with Crippen LogP contribution in [0, 0.1) is 0 Å². The van der Waals surface area contributed by atoms with Gasteiger partial charge < -0.3 is 14.4 Å². The van der Waals surface area contributed by atoms with Crippen molar-refractivity contribution in [3.8, 4) is 23.0 Å². The number of aromatic nitrogens is 5. The fraction of sp³-hybridized carbons (Fsp3) is 0.316. The van der Waals surface area contributed by atoms with Gasteiger partial charge in [0.15, 0.2) is 11.5 Å². The van der Waals surface area contributed by atoms with E-state index in [1.807, 2.05) is 0 Å². The molecule has 10 nitrogen and oxygen atoms in total.